The van der Waals surface area contributed by atoms with E-state index in [1.807, 2.05) is 0 Å². The van der Waals surface area contributed by atoms with Crippen molar-refractivity contribution in [2.75, 3.05) is 0 Å². The normalized spacial score (nSPS) is 11.3. The summed E-state index contributed by atoms with van der Waals surface area (Å²) < 4.78 is 0. The molecule has 1 rings (SSSR count). The van der Waals surface area contributed by atoms with Gasteiger partial charge < -0.3 is 0 Å². The second kappa shape index (κ2) is 3.36. The maximum absolute atomic E-state index is 2.38. The average Bonchev–Trinajstić information content (AvgIpc) is 2.03. The van der Waals surface area contributed by atoms with E-state index < -0.39 is 8.07 Å². The Morgan fingerprint density at radius 3 is 1.92 bits per heavy atom. The smallest absolute Gasteiger partial charge is 0.0541 e. The number of hydrogen-bond acceptors (Lipinski definition) is 0. The second-order valence-corrected chi connectivity index (χ2v) is 9.49. The van der Waals surface area contributed by atoms with Crippen molar-refractivity contribution in [1.29, 1.82) is 0 Å². The fourth-order valence-electron chi connectivity index (χ4n) is 1.12. The molecule has 0 N–H and O–H groups in total. The maximum atomic E-state index is 2.38. The Balaban J connectivity index is 2.86. The maximum Gasteiger partial charge on any atom is 0.140 e. The molecular weight excluding hydrogens is 160 g/mol. The molecule has 64 valence electrons. The Morgan fingerprint density at radius 1 is 1.00 bits per heavy atom. The van der Waals surface area contributed by atoms with Gasteiger partial charge in [-0.05, 0) is 25.1 Å². The zero-order chi connectivity index (χ0) is 9.19. The van der Waals surface area contributed by atoms with Gasteiger partial charge in [0, 0.05) is 17.7 Å². The molecule has 0 atom stereocenters. The van der Waals surface area contributed by atoms with Crippen LogP contribution < -0.4 is 0 Å². The predicted octanol–water partition coefficient (Wildman–Crippen LogP) is 3.51. The van der Waals surface area contributed by atoms with Gasteiger partial charge in [-0.25, -0.2) is 0 Å². The molecule has 0 amide bonds. The van der Waals surface area contributed by atoms with Crippen LogP contribution in [0.3, 0.4) is 0 Å². The third-order valence-electron chi connectivity index (χ3n) is 2.33. The van der Waals surface area contributed by atoms with Gasteiger partial charge >= 0.3 is 0 Å². The molecule has 12 heavy (non-hydrogen) atoms. The van der Waals surface area contributed by atoms with Crippen molar-refractivity contribution in [3.8, 4) is 0 Å². The van der Waals surface area contributed by atoms with Gasteiger partial charge in [-0.1, -0.05) is 19.6 Å². The lowest BCUT2D eigenvalue weighted by molar-refractivity contribution is 1.28. The van der Waals surface area contributed by atoms with Gasteiger partial charge in [-0.15, -0.1) is 0 Å². The van der Waals surface area contributed by atoms with Crippen LogP contribution in [0, 0.1) is 5.54 Å². The standard InChI is InChI=1S/C11H17Si/c1-10(12(2,3)4)11-8-6-5-7-9-11/h5-9H,1-4H3/q+1. The van der Waals surface area contributed by atoms with E-state index in [9.17, 15) is 0 Å². The third kappa shape index (κ3) is 2.14. The quantitative estimate of drug-likeness (QED) is 0.479. The summed E-state index contributed by atoms with van der Waals surface area (Å²) in [5, 5.41) is 0. The fourth-order valence-corrected chi connectivity index (χ4v) is 2.15. The van der Waals surface area contributed by atoms with Crippen LogP contribution in [0.15, 0.2) is 30.3 Å². The first-order valence-electron chi connectivity index (χ1n) is 4.41. The summed E-state index contributed by atoms with van der Waals surface area (Å²) in [6.45, 7) is 9.42. The molecule has 0 spiro atoms. The average molecular weight is 177 g/mol. The Hall–Kier alpha value is -0.693. The fraction of sp³-hybridized carbons (Fsp3) is 0.364. The van der Waals surface area contributed by atoms with Crippen LogP contribution in [-0.2, 0) is 0 Å². The summed E-state index contributed by atoms with van der Waals surface area (Å²) in [7, 11) is -1.08. The van der Waals surface area contributed by atoms with Crippen LogP contribution in [0.5, 0.6) is 0 Å². The zero-order valence-electron chi connectivity index (χ0n) is 8.39. The molecule has 0 fully saturated rings. The molecule has 0 aromatic heterocycles. The largest absolute Gasteiger partial charge is 0.140 e. The summed E-state index contributed by atoms with van der Waals surface area (Å²) >= 11 is 0. The van der Waals surface area contributed by atoms with Gasteiger partial charge in [0.25, 0.3) is 0 Å². The lowest BCUT2D eigenvalue weighted by atomic mass is 10.2. The van der Waals surface area contributed by atoms with Crippen molar-refractivity contribution in [1.82, 2.24) is 0 Å². The highest BCUT2D eigenvalue weighted by Crippen LogP contribution is 2.24. The first-order valence-corrected chi connectivity index (χ1v) is 7.91. The number of hydrogen-bond donors (Lipinski definition) is 0. The molecule has 0 nitrogen and oxygen atoms in total. The minimum Gasteiger partial charge on any atom is -0.0541 e. The Kier molecular flexibility index (Phi) is 2.63. The van der Waals surface area contributed by atoms with E-state index in [1.54, 1.807) is 5.54 Å². The van der Waals surface area contributed by atoms with Crippen LogP contribution >= 0.6 is 0 Å². The van der Waals surface area contributed by atoms with Gasteiger partial charge in [-0.2, -0.15) is 0 Å². The highest BCUT2D eigenvalue weighted by atomic mass is 28.3. The lowest BCUT2D eigenvalue weighted by Crippen LogP contribution is -2.29. The highest BCUT2D eigenvalue weighted by Gasteiger charge is 2.29. The molecule has 1 aromatic carbocycles. The Labute approximate surface area is 76.6 Å². The minimum atomic E-state index is -1.08. The molecule has 0 aliphatic carbocycles. The van der Waals surface area contributed by atoms with Gasteiger partial charge in [-0.3, -0.25) is 0 Å². The SMILES string of the molecule is C[C+](c1ccccc1)[Si](C)(C)C. The summed E-state index contributed by atoms with van der Waals surface area (Å²) in [5.74, 6) is 0. The van der Waals surface area contributed by atoms with E-state index in [2.05, 4.69) is 56.9 Å². The van der Waals surface area contributed by atoms with Crippen molar-refractivity contribution in [3.63, 3.8) is 0 Å². The van der Waals surface area contributed by atoms with E-state index >= 15 is 0 Å². The van der Waals surface area contributed by atoms with Gasteiger partial charge in [0.2, 0.25) is 0 Å². The summed E-state index contributed by atoms with van der Waals surface area (Å²) in [4.78, 5) is 0. The summed E-state index contributed by atoms with van der Waals surface area (Å²) in [5.41, 5.74) is 3.00. The molecule has 1 heteroatoms. The molecule has 0 heterocycles. The van der Waals surface area contributed by atoms with E-state index in [0.717, 1.165) is 0 Å². The van der Waals surface area contributed by atoms with Crippen molar-refractivity contribution in [3.05, 3.63) is 41.4 Å². The van der Waals surface area contributed by atoms with Crippen molar-refractivity contribution in [2.24, 2.45) is 0 Å². The lowest BCUT2D eigenvalue weighted by Gasteiger charge is -2.18. The summed E-state index contributed by atoms with van der Waals surface area (Å²) in [6, 6.07) is 10.7. The van der Waals surface area contributed by atoms with Crippen LogP contribution in [0.1, 0.15) is 12.5 Å². The van der Waals surface area contributed by atoms with Gasteiger partial charge in [0.1, 0.15) is 13.6 Å². The van der Waals surface area contributed by atoms with Crippen LogP contribution in [-0.4, -0.2) is 8.07 Å². The van der Waals surface area contributed by atoms with E-state index in [0.29, 0.717) is 0 Å². The minimum absolute atomic E-state index is 1.08. The number of benzene rings is 1. The van der Waals surface area contributed by atoms with E-state index in [4.69, 9.17) is 0 Å². The van der Waals surface area contributed by atoms with Gasteiger partial charge in [0.05, 0.1) is 0 Å². The zero-order valence-corrected chi connectivity index (χ0v) is 9.39. The third-order valence-corrected chi connectivity index (χ3v) is 4.87. The summed E-state index contributed by atoms with van der Waals surface area (Å²) in [6.07, 6.45) is 0. The molecular formula is C11H17Si+. The first-order chi connectivity index (χ1) is 5.52. The van der Waals surface area contributed by atoms with Crippen molar-refractivity contribution < 1.29 is 0 Å². The molecule has 0 saturated heterocycles. The molecule has 0 aliphatic heterocycles. The van der Waals surface area contributed by atoms with Crippen LogP contribution in [0.2, 0.25) is 19.6 Å². The van der Waals surface area contributed by atoms with Gasteiger partial charge in [0.15, 0.2) is 0 Å². The van der Waals surface area contributed by atoms with Crippen molar-refractivity contribution >= 4 is 8.07 Å². The Bertz CT molecular complexity index is 233. The second-order valence-electron chi connectivity index (χ2n) is 4.24. The Morgan fingerprint density at radius 2 is 1.50 bits per heavy atom. The predicted molar refractivity (Wildman–Crippen MR) is 57.8 cm³/mol. The highest BCUT2D eigenvalue weighted by molar-refractivity contribution is 6.82. The molecule has 0 unspecified atom stereocenters. The molecule has 0 bridgehead atoms. The van der Waals surface area contributed by atoms with E-state index in [-0.39, 0.29) is 0 Å². The molecule has 0 radical (unpaired) electrons. The molecule has 1 aromatic rings. The molecule has 0 saturated carbocycles. The van der Waals surface area contributed by atoms with E-state index in [1.165, 1.54) is 5.56 Å². The molecule has 0 aliphatic rings. The monoisotopic (exact) mass is 177 g/mol. The number of rotatable bonds is 2. The van der Waals surface area contributed by atoms with Crippen LogP contribution in [0.25, 0.3) is 0 Å². The topological polar surface area (TPSA) is 0 Å². The first kappa shape index (κ1) is 9.40. The van der Waals surface area contributed by atoms with Crippen LogP contribution in [0.4, 0.5) is 0 Å². The van der Waals surface area contributed by atoms with Crippen molar-refractivity contribution in [2.45, 2.75) is 26.6 Å².